The molecule has 0 radical (unpaired) electrons. The van der Waals surface area contributed by atoms with Crippen molar-refractivity contribution < 1.29 is 0 Å². The van der Waals surface area contributed by atoms with Gasteiger partial charge in [-0.1, -0.05) is 0 Å². The summed E-state index contributed by atoms with van der Waals surface area (Å²) in [6.07, 6.45) is 0. The molecule has 0 spiro atoms. The molecule has 3 aromatic rings. The van der Waals surface area contributed by atoms with E-state index in [1.54, 1.807) is 0 Å². The predicted octanol–water partition coefficient (Wildman–Crippen LogP) is 6.98. The van der Waals surface area contributed by atoms with Gasteiger partial charge in [0.1, 0.15) is 0 Å². The first-order valence-electron chi connectivity index (χ1n) is 8.17. The van der Waals surface area contributed by atoms with Gasteiger partial charge in [-0.2, -0.15) is 0 Å². The van der Waals surface area contributed by atoms with Gasteiger partial charge in [-0.15, -0.1) is 0 Å². The summed E-state index contributed by atoms with van der Waals surface area (Å²) in [5.41, 5.74) is 8.02. The van der Waals surface area contributed by atoms with Crippen molar-refractivity contribution >= 4 is 28.8 Å². The van der Waals surface area contributed by atoms with Crippen LogP contribution in [0.25, 0.3) is 22.3 Å². The number of rotatable bonds is 4. The SMILES string of the molecule is Cc1ccc(-c2cccc(-c3ccc(C)cc3)c2[S][Bi]([CH3])[CH3])cc1. The molecule has 0 saturated carbocycles. The Morgan fingerprint density at radius 1 is 0.625 bits per heavy atom. The average Bonchev–Trinajstić information content (AvgIpc) is 2.56. The number of hydrogen-bond donors (Lipinski definition) is 0. The van der Waals surface area contributed by atoms with Gasteiger partial charge in [0.05, 0.1) is 0 Å². The minimum absolute atomic E-state index is 1.31. The molecule has 0 N–H and O–H groups in total. The first-order chi connectivity index (χ1) is 11.5. The molecule has 122 valence electrons. The topological polar surface area (TPSA) is 0 Å². The van der Waals surface area contributed by atoms with Crippen molar-refractivity contribution in [1.82, 2.24) is 0 Å². The Morgan fingerprint density at radius 3 is 1.42 bits per heavy atom. The molecular weight excluding hydrogens is 505 g/mol. The number of hydrogen-bond acceptors (Lipinski definition) is 1. The molecule has 0 nitrogen and oxygen atoms in total. The van der Waals surface area contributed by atoms with Crippen LogP contribution in [-0.2, 0) is 0 Å². The third kappa shape index (κ3) is 4.10. The van der Waals surface area contributed by atoms with Crippen LogP contribution in [0.4, 0.5) is 0 Å². The van der Waals surface area contributed by atoms with Gasteiger partial charge in [-0.3, -0.25) is 0 Å². The molecule has 3 aromatic carbocycles. The maximum absolute atomic E-state index is 2.46. The normalized spacial score (nSPS) is 11.0. The van der Waals surface area contributed by atoms with E-state index >= 15 is 0 Å². The molecule has 0 aliphatic carbocycles. The summed E-state index contributed by atoms with van der Waals surface area (Å²) in [4.78, 5) is 1.47. The van der Waals surface area contributed by atoms with E-state index in [1.807, 2.05) is 0 Å². The first kappa shape index (κ1) is 17.7. The Balaban J connectivity index is 2.17. The Kier molecular flexibility index (Phi) is 5.79. The van der Waals surface area contributed by atoms with E-state index in [2.05, 4.69) is 98.4 Å². The predicted molar refractivity (Wildman–Crippen MR) is 110 cm³/mol. The van der Waals surface area contributed by atoms with Crippen molar-refractivity contribution in [2.45, 2.75) is 28.0 Å². The van der Waals surface area contributed by atoms with Crippen molar-refractivity contribution in [3.05, 3.63) is 77.9 Å². The molecule has 0 aliphatic rings. The van der Waals surface area contributed by atoms with E-state index in [1.165, 1.54) is 38.3 Å². The van der Waals surface area contributed by atoms with E-state index in [-0.39, 0.29) is 0 Å². The van der Waals surface area contributed by atoms with Crippen LogP contribution in [0.3, 0.4) is 0 Å². The maximum atomic E-state index is 2.46. The van der Waals surface area contributed by atoms with Crippen molar-refractivity contribution in [3.63, 3.8) is 0 Å². The van der Waals surface area contributed by atoms with Crippen LogP contribution in [0.2, 0.25) is 9.26 Å². The van der Waals surface area contributed by atoms with Crippen LogP contribution < -0.4 is 0 Å². The van der Waals surface area contributed by atoms with E-state index in [0.717, 1.165) is 0 Å². The molecule has 0 heterocycles. The summed E-state index contributed by atoms with van der Waals surface area (Å²) in [5, 5.41) is 0. The number of aryl methyl sites for hydroxylation is 2. The average molecular weight is 528 g/mol. The zero-order valence-corrected chi connectivity index (χ0v) is 19.0. The molecule has 0 fully saturated rings. The van der Waals surface area contributed by atoms with Crippen LogP contribution >= 0.6 is 8.52 Å². The summed E-state index contributed by atoms with van der Waals surface area (Å²) in [6, 6.07) is 24.6. The number of benzene rings is 3. The van der Waals surface area contributed by atoms with Gasteiger partial charge < -0.3 is 0 Å². The quantitative estimate of drug-likeness (QED) is 0.330. The van der Waals surface area contributed by atoms with E-state index in [4.69, 9.17) is 0 Å². The van der Waals surface area contributed by atoms with E-state index in [0.29, 0.717) is 0 Å². The third-order valence-corrected chi connectivity index (χ3v) is 11.4. The minimum atomic E-state index is -1.43. The Bertz CT molecular complexity index is 754. The fourth-order valence-electron chi connectivity index (χ4n) is 2.74. The fraction of sp³-hybridized carbons (Fsp3) is 0.182. The van der Waals surface area contributed by atoms with Gasteiger partial charge in [-0.05, 0) is 0 Å². The van der Waals surface area contributed by atoms with Gasteiger partial charge in [0.2, 0.25) is 0 Å². The molecule has 24 heavy (non-hydrogen) atoms. The van der Waals surface area contributed by atoms with Crippen LogP contribution in [-0.4, -0.2) is 20.3 Å². The third-order valence-electron chi connectivity index (χ3n) is 4.01. The summed E-state index contributed by atoms with van der Waals surface area (Å²) in [6.45, 7) is 4.29. The molecule has 0 aromatic heterocycles. The van der Waals surface area contributed by atoms with Gasteiger partial charge in [-0.25, -0.2) is 0 Å². The van der Waals surface area contributed by atoms with Crippen molar-refractivity contribution in [1.29, 1.82) is 0 Å². The molecule has 0 bridgehead atoms. The summed E-state index contributed by atoms with van der Waals surface area (Å²) in [5.74, 6) is 0. The molecule has 0 saturated heterocycles. The zero-order chi connectivity index (χ0) is 17.1. The van der Waals surface area contributed by atoms with Gasteiger partial charge in [0.15, 0.2) is 0 Å². The Hall–Kier alpha value is -1.11. The van der Waals surface area contributed by atoms with Gasteiger partial charge in [0, 0.05) is 0 Å². The van der Waals surface area contributed by atoms with Crippen LogP contribution in [0.15, 0.2) is 71.6 Å². The second kappa shape index (κ2) is 7.85. The van der Waals surface area contributed by atoms with Crippen molar-refractivity contribution in [2.75, 3.05) is 0 Å². The second-order valence-electron chi connectivity index (χ2n) is 6.32. The molecular formula is C22H23BiS. The zero-order valence-electron chi connectivity index (χ0n) is 14.7. The molecule has 0 unspecified atom stereocenters. The molecule has 0 atom stereocenters. The molecule has 3 rings (SSSR count). The van der Waals surface area contributed by atoms with E-state index < -0.39 is 20.3 Å². The first-order valence-corrected chi connectivity index (χ1v) is 20.2. The van der Waals surface area contributed by atoms with E-state index in [9.17, 15) is 0 Å². The summed E-state index contributed by atoms with van der Waals surface area (Å²) >= 11 is -1.43. The van der Waals surface area contributed by atoms with Gasteiger partial charge in [0.25, 0.3) is 0 Å². The van der Waals surface area contributed by atoms with Gasteiger partial charge >= 0.3 is 157 Å². The Labute approximate surface area is 156 Å². The summed E-state index contributed by atoms with van der Waals surface area (Å²) in [7, 11) is 2.15. The summed E-state index contributed by atoms with van der Waals surface area (Å²) < 4.78 is 4.93. The van der Waals surface area contributed by atoms with Crippen molar-refractivity contribution in [2.24, 2.45) is 0 Å². The molecule has 0 amide bonds. The van der Waals surface area contributed by atoms with Crippen LogP contribution in [0.1, 0.15) is 11.1 Å². The van der Waals surface area contributed by atoms with Crippen molar-refractivity contribution in [3.8, 4) is 22.3 Å². The second-order valence-corrected chi connectivity index (χ2v) is 21.8. The monoisotopic (exact) mass is 528 g/mol. The fourth-order valence-corrected chi connectivity index (χ4v) is 10.2. The molecule has 2 heteroatoms. The van der Waals surface area contributed by atoms with Crippen LogP contribution in [0.5, 0.6) is 0 Å². The molecule has 0 aliphatic heterocycles. The standard InChI is InChI=1S/C20H18S.2CH3.Bi/c1-14-6-10-16(11-7-14)18-4-3-5-19(20(18)21)17-12-8-15(2)9-13-17;;;/h3-13,21H,1-2H3;2*1H3;/q;;;+1/p-1. The Morgan fingerprint density at radius 2 is 1.04 bits per heavy atom. The van der Waals surface area contributed by atoms with Crippen LogP contribution in [0, 0.1) is 13.8 Å².